The molecule has 0 fully saturated rings. The summed E-state index contributed by atoms with van der Waals surface area (Å²) in [5, 5.41) is 0.295. The molecule has 0 amide bonds. The highest BCUT2D eigenvalue weighted by atomic mass is 31.1. The second-order valence-corrected chi connectivity index (χ2v) is 5.39. The van der Waals surface area contributed by atoms with Crippen molar-refractivity contribution in [3.05, 3.63) is 24.8 Å². The Morgan fingerprint density at radius 3 is 2.19 bits per heavy atom. The first kappa shape index (κ1) is 17.2. The van der Waals surface area contributed by atoms with E-state index >= 15 is 0 Å². The molecule has 0 saturated heterocycles. The maximum atomic E-state index is 12.2. The standard InChI is InChI=1S/C15H20O5P/c1-5-13(16)21(17)12-10-9-11(18-6-2)14(19-7-3)15(12)20-8-4/h5,9-10H,1,6-8H2,2-4H3/q+1. The van der Waals surface area contributed by atoms with Gasteiger partial charge < -0.3 is 14.2 Å². The number of carbonyl (C=O) groups is 1. The summed E-state index contributed by atoms with van der Waals surface area (Å²) >= 11 is 0. The topological polar surface area (TPSA) is 61.8 Å². The van der Waals surface area contributed by atoms with E-state index in [4.69, 9.17) is 14.2 Å². The van der Waals surface area contributed by atoms with Gasteiger partial charge in [0.05, 0.1) is 19.8 Å². The van der Waals surface area contributed by atoms with E-state index in [1.807, 2.05) is 13.8 Å². The van der Waals surface area contributed by atoms with Crippen LogP contribution in [0.3, 0.4) is 0 Å². The number of benzene rings is 1. The minimum absolute atomic E-state index is 0.293. The first-order valence-corrected chi connectivity index (χ1v) is 8.05. The van der Waals surface area contributed by atoms with Gasteiger partial charge in [-0.1, -0.05) is 11.1 Å². The maximum absolute atomic E-state index is 12.2. The van der Waals surface area contributed by atoms with Crippen LogP contribution in [0, 0.1) is 0 Å². The molecule has 114 valence electrons. The third kappa shape index (κ3) is 4.05. The van der Waals surface area contributed by atoms with Crippen LogP contribution in [-0.4, -0.2) is 25.3 Å². The van der Waals surface area contributed by atoms with Crippen molar-refractivity contribution in [2.45, 2.75) is 20.8 Å². The van der Waals surface area contributed by atoms with Crippen molar-refractivity contribution in [2.24, 2.45) is 0 Å². The maximum Gasteiger partial charge on any atom is 0.462 e. The van der Waals surface area contributed by atoms with Crippen LogP contribution >= 0.6 is 7.80 Å². The lowest BCUT2D eigenvalue weighted by atomic mass is 10.3. The fourth-order valence-electron chi connectivity index (χ4n) is 1.73. The van der Waals surface area contributed by atoms with E-state index in [-0.39, 0.29) is 0 Å². The first-order chi connectivity index (χ1) is 10.1. The zero-order valence-corrected chi connectivity index (χ0v) is 13.4. The molecule has 0 aliphatic rings. The third-order valence-corrected chi connectivity index (χ3v) is 3.90. The Hall–Kier alpha value is -1.87. The molecule has 1 aromatic rings. The van der Waals surface area contributed by atoms with Crippen LogP contribution in [0.1, 0.15) is 20.8 Å². The van der Waals surface area contributed by atoms with Gasteiger partial charge in [-0.3, -0.25) is 0 Å². The lowest BCUT2D eigenvalue weighted by molar-refractivity contribution is -0.107. The lowest BCUT2D eigenvalue weighted by Crippen LogP contribution is -2.12. The Kier molecular flexibility index (Phi) is 6.89. The fraction of sp³-hybridized carbons (Fsp3) is 0.400. The average molecular weight is 311 g/mol. The Morgan fingerprint density at radius 2 is 1.67 bits per heavy atom. The molecule has 1 rings (SSSR count). The van der Waals surface area contributed by atoms with Crippen molar-refractivity contribution in [3.8, 4) is 17.2 Å². The smallest absolute Gasteiger partial charge is 0.462 e. The SMILES string of the molecule is C=CC(=O)[P+](=O)c1ccc(OCC)c(OCC)c1OCC. The van der Waals surface area contributed by atoms with E-state index in [0.29, 0.717) is 42.4 Å². The summed E-state index contributed by atoms with van der Waals surface area (Å²) in [6.45, 7) is 10.1. The molecule has 6 heteroatoms. The van der Waals surface area contributed by atoms with Gasteiger partial charge in [0.25, 0.3) is 0 Å². The summed E-state index contributed by atoms with van der Waals surface area (Å²) in [5.41, 5.74) is -0.544. The highest BCUT2D eigenvalue weighted by Gasteiger charge is 2.35. The van der Waals surface area contributed by atoms with Crippen molar-refractivity contribution < 1.29 is 23.6 Å². The highest BCUT2D eigenvalue weighted by Crippen LogP contribution is 2.41. The quantitative estimate of drug-likeness (QED) is 0.518. The van der Waals surface area contributed by atoms with Crippen LogP contribution in [0.2, 0.25) is 0 Å². The van der Waals surface area contributed by atoms with Gasteiger partial charge in [-0.25, -0.2) is 4.79 Å². The molecule has 0 N–H and O–H groups in total. The van der Waals surface area contributed by atoms with Gasteiger partial charge in [-0.05, 0) is 32.9 Å². The number of hydrogen-bond acceptors (Lipinski definition) is 5. The molecule has 5 nitrogen and oxygen atoms in total. The van der Waals surface area contributed by atoms with E-state index < -0.39 is 13.3 Å². The summed E-state index contributed by atoms with van der Waals surface area (Å²) in [4.78, 5) is 11.6. The van der Waals surface area contributed by atoms with Gasteiger partial charge in [-0.2, -0.15) is 0 Å². The van der Waals surface area contributed by atoms with Gasteiger partial charge in [0.15, 0.2) is 5.75 Å². The van der Waals surface area contributed by atoms with Crippen molar-refractivity contribution in [1.29, 1.82) is 0 Å². The Bertz CT molecular complexity index is 539. The van der Waals surface area contributed by atoms with Crippen LogP contribution in [0.15, 0.2) is 24.8 Å². The largest absolute Gasteiger partial charge is 0.490 e. The monoisotopic (exact) mass is 311 g/mol. The van der Waals surface area contributed by atoms with Crippen molar-refractivity contribution >= 4 is 18.6 Å². The molecule has 1 unspecified atom stereocenters. The van der Waals surface area contributed by atoms with Gasteiger partial charge in [0.1, 0.15) is 0 Å². The minimum atomic E-state index is -2.29. The molecule has 0 aliphatic heterocycles. The van der Waals surface area contributed by atoms with E-state index in [2.05, 4.69) is 6.58 Å². The molecule has 0 heterocycles. The van der Waals surface area contributed by atoms with Crippen LogP contribution in [0.25, 0.3) is 0 Å². The van der Waals surface area contributed by atoms with E-state index in [1.165, 1.54) is 0 Å². The third-order valence-electron chi connectivity index (χ3n) is 2.53. The van der Waals surface area contributed by atoms with E-state index in [9.17, 15) is 9.36 Å². The zero-order valence-electron chi connectivity index (χ0n) is 12.5. The Labute approximate surface area is 125 Å². The predicted octanol–water partition coefficient (Wildman–Crippen LogP) is 3.05. The van der Waals surface area contributed by atoms with Crippen molar-refractivity contribution in [3.63, 3.8) is 0 Å². The zero-order chi connectivity index (χ0) is 15.8. The second-order valence-electron chi connectivity index (χ2n) is 3.88. The molecule has 1 aromatic carbocycles. The van der Waals surface area contributed by atoms with Crippen LogP contribution < -0.4 is 19.5 Å². The summed E-state index contributed by atoms with van der Waals surface area (Å²) in [5.74, 6) is 1.17. The Balaban J connectivity index is 3.43. The van der Waals surface area contributed by atoms with Crippen LogP contribution in [0.4, 0.5) is 0 Å². The van der Waals surface area contributed by atoms with Gasteiger partial charge in [0.2, 0.25) is 16.8 Å². The average Bonchev–Trinajstić information content (AvgIpc) is 2.49. The fourth-order valence-corrected chi connectivity index (χ4v) is 2.69. The molecule has 0 aliphatic carbocycles. The number of ether oxygens (including phenoxy) is 3. The van der Waals surface area contributed by atoms with Gasteiger partial charge in [-0.15, -0.1) is 0 Å². The molecule has 0 spiro atoms. The first-order valence-electron chi connectivity index (χ1n) is 6.79. The number of rotatable bonds is 9. The second kappa shape index (κ2) is 8.42. The molecule has 1 atom stereocenters. The van der Waals surface area contributed by atoms with Crippen molar-refractivity contribution in [2.75, 3.05) is 19.8 Å². The van der Waals surface area contributed by atoms with Crippen LogP contribution in [0.5, 0.6) is 17.2 Å². The van der Waals surface area contributed by atoms with E-state index in [0.717, 1.165) is 6.08 Å². The number of hydrogen-bond donors (Lipinski definition) is 0. The molecule has 0 aromatic heterocycles. The molecule has 0 saturated carbocycles. The van der Waals surface area contributed by atoms with Gasteiger partial charge in [0, 0.05) is 6.08 Å². The van der Waals surface area contributed by atoms with Gasteiger partial charge >= 0.3 is 13.3 Å². The Morgan fingerprint density at radius 1 is 1.10 bits per heavy atom. The normalized spacial score (nSPS) is 10.7. The number of allylic oxidation sites excluding steroid dienone is 1. The van der Waals surface area contributed by atoms with Crippen molar-refractivity contribution in [1.82, 2.24) is 0 Å². The minimum Gasteiger partial charge on any atom is -0.490 e. The summed E-state index contributed by atoms with van der Waals surface area (Å²) < 4.78 is 28.9. The molecule has 0 bridgehead atoms. The summed E-state index contributed by atoms with van der Waals surface area (Å²) in [6.07, 6.45) is 1.05. The molecule has 21 heavy (non-hydrogen) atoms. The molecular weight excluding hydrogens is 291 g/mol. The molecular formula is C15H20O5P+. The lowest BCUT2D eigenvalue weighted by Gasteiger charge is -2.14. The molecule has 0 radical (unpaired) electrons. The van der Waals surface area contributed by atoms with E-state index in [1.54, 1.807) is 19.1 Å². The van der Waals surface area contributed by atoms with Crippen LogP contribution in [-0.2, 0) is 9.36 Å². The predicted molar refractivity (Wildman–Crippen MR) is 82.4 cm³/mol. The summed E-state index contributed by atoms with van der Waals surface area (Å²) in [6, 6.07) is 3.20. The number of carbonyl (C=O) groups excluding carboxylic acids is 1. The highest BCUT2D eigenvalue weighted by molar-refractivity contribution is 7.71. The summed E-state index contributed by atoms with van der Waals surface area (Å²) in [7, 11) is -2.29.